The third kappa shape index (κ3) is 3.08. The van der Waals surface area contributed by atoms with E-state index < -0.39 is 0 Å². The molecule has 1 aromatic carbocycles. The van der Waals surface area contributed by atoms with Crippen LogP contribution in [0.25, 0.3) is 0 Å². The number of hydrogen-bond acceptors (Lipinski definition) is 1. The van der Waals surface area contributed by atoms with E-state index in [0.29, 0.717) is 11.5 Å². The maximum atomic E-state index is 3.60. The highest BCUT2D eigenvalue weighted by Gasteiger charge is 2.38. The smallest absolute Gasteiger partial charge is 0.0161 e. The van der Waals surface area contributed by atoms with Gasteiger partial charge in [0.1, 0.15) is 0 Å². The van der Waals surface area contributed by atoms with Crippen molar-refractivity contribution in [2.24, 2.45) is 5.41 Å². The number of rotatable bonds is 5. The van der Waals surface area contributed by atoms with Crippen LogP contribution in [0.3, 0.4) is 0 Å². The fraction of sp³-hybridized carbons (Fsp3) is 0.625. The summed E-state index contributed by atoms with van der Waals surface area (Å²) in [6, 6.07) is 9.63. The van der Waals surface area contributed by atoms with E-state index in [1.807, 2.05) is 0 Å². The molecule has 0 amide bonds. The normalized spacial score (nSPS) is 19.9. The van der Waals surface area contributed by atoms with Gasteiger partial charge in [-0.15, -0.1) is 0 Å². The van der Waals surface area contributed by atoms with Crippen molar-refractivity contribution in [1.29, 1.82) is 0 Å². The topological polar surface area (TPSA) is 12.0 Å². The standard InChI is InChI=1S/C16H24IN/c1-3-16(10-4-5-11-16)15(18-2)12-13-6-8-14(17)9-7-13/h6-9,15,18H,3-5,10-12H2,1-2H3. The molecule has 1 aromatic rings. The van der Waals surface area contributed by atoms with Gasteiger partial charge in [0.2, 0.25) is 0 Å². The molecular weight excluding hydrogens is 333 g/mol. The van der Waals surface area contributed by atoms with Crippen LogP contribution >= 0.6 is 22.6 Å². The van der Waals surface area contributed by atoms with Crippen LogP contribution in [0.5, 0.6) is 0 Å². The molecule has 1 aliphatic rings. The molecule has 0 aliphatic heterocycles. The maximum absolute atomic E-state index is 3.60. The Morgan fingerprint density at radius 1 is 1.22 bits per heavy atom. The lowest BCUT2D eigenvalue weighted by Crippen LogP contribution is -2.43. The first-order valence-corrected chi connectivity index (χ1v) is 8.20. The summed E-state index contributed by atoms with van der Waals surface area (Å²) < 4.78 is 1.32. The van der Waals surface area contributed by atoms with Crippen molar-refractivity contribution in [1.82, 2.24) is 5.32 Å². The minimum absolute atomic E-state index is 0.539. The van der Waals surface area contributed by atoms with Crippen LogP contribution in [-0.2, 0) is 6.42 Å². The summed E-state index contributed by atoms with van der Waals surface area (Å²) in [7, 11) is 2.13. The van der Waals surface area contributed by atoms with Crippen LogP contribution in [0.15, 0.2) is 24.3 Å². The van der Waals surface area contributed by atoms with Gasteiger partial charge in [-0.05, 0) is 78.4 Å². The molecule has 0 heterocycles. The highest BCUT2D eigenvalue weighted by Crippen LogP contribution is 2.44. The molecule has 18 heavy (non-hydrogen) atoms. The average molecular weight is 357 g/mol. The zero-order valence-corrected chi connectivity index (χ0v) is 13.7. The van der Waals surface area contributed by atoms with Crippen LogP contribution < -0.4 is 5.32 Å². The Balaban J connectivity index is 2.11. The quantitative estimate of drug-likeness (QED) is 0.771. The van der Waals surface area contributed by atoms with Gasteiger partial charge in [-0.1, -0.05) is 31.9 Å². The van der Waals surface area contributed by atoms with E-state index >= 15 is 0 Å². The fourth-order valence-electron chi connectivity index (χ4n) is 3.51. The molecule has 2 heteroatoms. The Labute approximate surface area is 125 Å². The molecule has 1 aliphatic carbocycles. The van der Waals surface area contributed by atoms with Crippen molar-refractivity contribution in [2.45, 2.75) is 51.5 Å². The number of hydrogen-bond donors (Lipinski definition) is 1. The SMILES string of the molecule is CCC1(C(Cc2ccc(I)cc2)NC)CCCC1. The van der Waals surface area contributed by atoms with Crippen molar-refractivity contribution in [3.05, 3.63) is 33.4 Å². The van der Waals surface area contributed by atoms with E-state index in [-0.39, 0.29) is 0 Å². The largest absolute Gasteiger partial charge is 0.316 e. The van der Waals surface area contributed by atoms with E-state index in [2.05, 4.69) is 66.1 Å². The second kappa shape index (κ2) is 6.38. The van der Waals surface area contributed by atoms with E-state index in [9.17, 15) is 0 Å². The van der Waals surface area contributed by atoms with Crippen molar-refractivity contribution in [3.8, 4) is 0 Å². The lowest BCUT2D eigenvalue weighted by Gasteiger charge is -2.37. The monoisotopic (exact) mass is 357 g/mol. The Kier molecular flexibility index (Phi) is 5.07. The van der Waals surface area contributed by atoms with Crippen LogP contribution in [-0.4, -0.2) is 13.1 Å². The lowest BCUT2D eigenvalue weighted by molar-refractivity contribution is 0.192. The molecule has 0 radical (unpaired) electrons. The molecule has 1 N–H and O–H groups in total. The molecule has 0 bridgehead atoms. The summed E-state index contributed by atoms with van der Waals surface area (Å²) in [5.74, 6) is 0. The van der Waals surface area contributed by atoms with Crippen molar-refractivity contribution < 1.29 is 0 Å². The molecule has 100 valence electrons. The summed E-state index contributed by atoms with van der Waals surface area (Å²) in [5.41, 5.74) is 2.01. The molecule has 1 nitrogen and oxygen atoms in total. The third-order valence-corrected chi connectivity index (χ3v) is 5.46. The Morgan fingerprint density at radius 3 is 2.33 bits per heavy atom. The summed E-state index contributed by atoms with van der Waals surface area (Å²) >= 11 is 2.37. The molecule has 1 unspecified atom stereocenters. The van der Waals surface area contributed by atoms with Crippen LogP contribution in [0.2, 0.25) is 0 Å². The van der Waals surface area contributed by atoms with Gasteiger partial charge in [0.05, 0.1) is 0 Å². The van der Waals surface area contributed by atoms with Crippen molar-refractivity contribution in [2.75, 3.05) is 7.05 Å². The molecule has 0 aromatic heterocycles. The molecule has 1 saturated carbocycles. The first-order valence-electron chi connectivity index (χ1n) is 7.12. The summed E-state index contributed by atoms with van der Waals surface area (Å²) in [6.07, 6.45) is 8.11. The van der Waals surface area contributed by atoms with Gasteiger partial charge in [-0.2, -0.15) is 0 Å². The van der Waals surface area contributed by atoms with E-state index in [0.717, 1.165) is 0 Å². The van der Waals surface area contributed by atoms with Crippen molar-refractivity contribution in [3.63, 3.8) is 0 Å². The molecule has 2 rings (SSSR count). The highest BCUT2D eigenvalue weighted by molar-refractivity contribution is 14.1. The van der Waals surface area contributed by atoms with Gasteiger partial charge in [0.15, 0.2) is 0 Å². The Hall–Kier alpha value is -0.0900. The van der Waals surface area contributed by atoms with Gasteiger partial charge < -0.3 is 5.32 Å². The predicted octanol–water partition coefficient (Wildman–Crippen LogP) is 4.39. The second-order valence-corrected chi connectivity index (χ2v) is 6.84. The zero-order valence-electron chi connectivity index (χ0n) is 11.5. The third-order valence-electron chi connectivity index (χ3n) is 4.74. The first-order chi connectivity index (χ1) is 8.70. The number of halogens is 1. The lowest BCUT2D eigenvalue weighted by atomic mass is 9.74. The highest BCUT2D eigenvalue weighted by atomic mass is 127. The van der Waals surface area contributed by atoms with Gasteiger partial charge in [0.25, 0.3) is 0 Å². The summed E-state index contributed by atoms with van der Waals surface area (Å²) in [6.45, 7) is 2.36. The van der Waals surface area contributed by atoms with Gasteiger partial charge >= 0.3 is 0 Å². The van der Waals surface area contributed by atoms with Crippen molar-refractivity contribution >= 4 is 22.6 Å². The Bertz CT molecular complexity index is 365. The number of nitrogens with one attached hydrogen (secondary N) is 1. The summed E-state index contributed by atoms with van der Waals surface area (Å²) in [5, 5.41) is 3.60. The molecule has 1 fully saturated rings. The minimum atomic E-state index is 0.539. The maximum Gasteiger partial charge on any atom is 0.0161 e. The molecular formula is C16H24IN. The number of benzene rings is 1. The second-order valence-electron chi connectivity index (χ2n) is 5.59. The van der Waals surface area contributed by atoms with E-state index in [4.69, 9.17) is 0 Å². The molecule has 0 spiro atoms. The average Bonchev–Trinajstić information content (AvgIpc) is 2.88. The van der Waals surface area contributed by atoms with E-state index in [1.165, 1.54) is 47.7 Å². The molecule has 0 saturated heterocycles. The predicted molar refractivity (Wildman–Crippen MR) is 86.9 cm³/mol. The van der Waals surface area contributed by atoms with E-state index in [1.54, 1.807) is 0 Å². The molecule has 1 atom stereocenters. The summed E-state index contributed by atoms with van der Waals surface area (Å²) in [4.78, 5) is 0. The van der Waals surface area contributed by atoms with Crippen LogP contribution in [0.1, 0.15) is 44.6 Å². The van der Waals surface area contributed by atoms with Gasteiger partial charge in [-0.3, -0.25) is 0 Å². The Morgan fingerprint density at radius 2 is 1.83 bits per heavy atom. The van der Waals surface area contributed by atoms with Gasteiger partial charge in [0, 0.05) is 9.61 Å². The fourth-order valence-corrected chi connectivity index (χ4v) is 3.87. The minimum Gasteiger partial charge on any atom is -0.316 e. The number of likely N-dealkylation sites (N-methyl/N-ethyl adjacent to an activating group) is 1. The first kappa shape index (κ1) is 14.3. The zero-order chi connectivity index (χ0) is 13.0. The van der Waals surface area contributed by atoms with Crippen LogP contribution in [0.4, 0.5) is 0 Å². The van der Waals surface area contributed by atoms with Crippen LogP contribution in [0, 0.1) is 8.99 Å². The van der Waals surface area contributed by atoms with Gasteiger partial charge in [-0.25, -0.2) is 0 Å².